The first-order valence-electron chi connectivity index (χ1n) is 10.8. The molecule has 9 heteroatoms. The van der Waals surface area contributed by atoms with Crippen molar-refractivity contribution in [2.45, 2.75) is 11.3 Å². The summed E-state index contributed by atoms with van der Waals surface area (Å²) in [5, 5.41) is 4.37. The van der Waals surface area contributed by atoms with Gasteiger partial charge in [0.15, 0.2) is 0 Å². The molecule has 0 aliphatic heterocycles. The molecule has 0 heterocycles. The number of amides is 1. The number of rotatable bonds is 12. The molecule has 0 saturated heterocycles. The molecule has 1 amide bonds. The minimum atomic E-state index is -3.93. The molecule has 0 bridgehead atoms. The van der Waals surface area contributed by atoms with E-state index < -0.39 is 15.9 Å². The Hall–Kier alpha value is -3.46. The maximum Gasteiger partial charge on any atom is 0.255 e. The number of sulfonamides is 1. The van der Waals surface area contributed by atoms with Crippen LogP contribution in [0.5, 0.6) is 5.75 Å². The van der Waals surface area contributed by atoms with E-state index in [0.29, 0.717) is 23.8 Å². The Labute approximate surface area is 210 Å². The second-order valence-corrected chi connectivity index (χ2v) is 9.86. The normalized spacial score (nSPS) is 11.5. The first-order chi connectivity index (χ1) is 16.9. The van der Waals surface area contributed by atoms with Crippen molar-refractivity contribution in [1.29, 1.82) is 0 Å². The van der Waals surface area contributed by atoms with Gasteiger partial charge in [-0.05, 0) is 66.1 Å². The number of carbonyl (C=O) groups is 1. The number of halogens is 1. The van der Waals surface area contributed by atoms with E-state index in [1.807, 2.05) is 30.3 Å². The quantitative estimate of drug-likeness (QED) is 0.223. The second kappa shape index (κ2) is 12.9. The van der Waals surface area contributed by atoms with Crippen molar-refractivity contribution < 1.29 is 17.9 Å². The first kappa shape index (κ1) is 26.2. The van der Waals surface area contributed by atoms with Crippen LogP contribution >= 0.6 is 11.6 Å². The lowest BCUT2D eigenvalue weighted by atomic mass is 10.1. The highest BCUT2D eigenvalue weighted by atomic mass is 35.5. The van der Waals surface area contributed by atoms with Crippen molar-refractivity contribution >= 4 is 33.7 Å². The fraction of sp³-hybridized carbons (Fsp3) is 0.154. The summed E-state index contributed by atoms with van der Waals surface area (Å²) < 4.78 is 33.1. The molecule has 1 N–H and O–H groups in total. The third-order valence-corrected chi connectivity index (χ3v) is 7.03. The van der Waals surface area contributed by atoms with Gasteiger partial charge in [0.05, 0.1) is 17.7 Å². The fourth-order valence-corrected chi connectivity index (χ4v) is 4.64. The summed E-state index contributed by atoms with van der Waals surface area (Å²) in [4.78, 5) is 12.6. The van der Waals surface area contributed by atoms with Crippen molar-refractivity contribution in [3.63, 3.8) is 0 Å². The van der Waals surface area contributed by atoms with Crippen LogP contribution in [0.4, 0.5) is 0 Å². The SMILES string of the molecule is C=CCOc1ccc(/C=N/NC(=O)CN(CCc2ccccc2)S(=O)(=O)c2ccc(Cl)cc2)cc1. The predicted molar refractivity (Wildman–Crippen MR) is 138 cm³/mol. The molecule has 0 aromatic heterocycles. The van der Waals surface area contributed by atoms with Gasteiger partial charge in [0.1, 0.15) is 12.4 Å². The summed E-state index contributed by atoms with van der Waals surface area (Å²) in [6.07, 6.45) is 3.57. The van der Waals surface area contributed by atoms with E-state index in [0.717, 1.165) is 15.4 Å². The van der Waals surface area contributed by atoms with Crippen LogP contribution in [0.1, 0.15) is 11.1 Å². The molecule has 0 radical (unpaired) electrons. The van der Waals surface area contributed by atoms with Gasteiger partial charge < -0.3 is 4.74 Å². The van der Waals surface area contributed by atoms with Crippen LogP contribution in [-0.2, 0) is 21.2 Å². The minimum absolute atomic E-state index is 0.0602. The Bertz CT molecular complexity index is 1250. The lowest BCUT2D eigenvalue weighted by molar-refractivity contribution is -0.121. The van der Waals surface area contributed by atoms with Crippen LogP contribution in [0.15, 0.2) is 102 Å². The largest absolute Gasteiger partial charge is 0.490 e. The van der Waals surface area contributed by atoms with Gasteiger partial charge in [-0.3, -0.25) is 4.79 Å². The second-order valence-electron chi connectivity index (χ2n) is 7.49. The van der Waals surface area contributed by atoms with Gasteiger partial charge in [-0.15, -0.1) is 0 Å². The van der Waals surface area contributed by atoms with E-state index >= 15 is 0 Å². The van der Waals surface area contributed by atoms with Crippen LogP contribution in [0, 0.1) is 0 Å². The average Bonchev–Trinajstić information content (AvgIpc) is 2.87. The molecular formula is C26H26ClN3O4S. The maximum atomic E-state index is 13.2. The summed E-state index contributed by atoms with van der Waals surface area (Å²) in [7, 11) is -3.93. The molecule has 3 rings (SSSR count). The van der Waals surface area contributed by atoms with Gasteiger partial charge >= 0.3 is 0 Å². The molecule has 7 nitrogen and oxygen atoms in total. The molecule has 0 unspecified atom stereocenters. The van der Waals surface area contributed by atoms with E-state index in [4.69, 9.17) is 16.3 Å². The summed E-state index contributed by atoms with van der Waals surface area (Å²) in [6, 6.07) is 22.4. The fourth-order valence-electron chi connectivity index (χ4n) is 3.12. The highest BCUT2D eigenvalue weighted by Crippen LogP contribution is 2.19. The zero-order chi connectivity index (χ0) is 25.1. The van der Waals surface area contributed by atoms with Gasteiger partial charge in [-0.2, -0.15) is 9.41 Å². The zero-order valence-corrected chi connectivity index (χ0v) is 20.6. The van der Waals surface area contributed by atoms with Crippen LogP contribution in [-0.4, -0.2) is 44.5 Å². The third-order valence-electron chi connectivity index (χ3n) is 4.91. The Kier molecular flexibility index (Phi) is 9.60. The van der Waals surface area contributed by atoms with Crippen molar-refractivity contribution in [2.75, 3.05) is 19.7 Å². The van der Waals surface area contributed by atoms with E-state index in [1.54, 1.807) is 30.3 Å². The number of nitrogens with one attached hydrogen (secondary N) is 1. The molecule has 3 aromatic rings. The van der Waals surface area contributed by atoms with Gasteiger partial charge in [0.2, 0.25) is 10.0 Å². The number of hydrogen-bond donors (Lipinski definition) is 1. The summed E-state index contributed by atoms with van der Waals surface area (Å²) in [5.41, 5.74) is 4.10. The number of carbonyl (C=O) groups excluding carboxylic acids is 1. The summed E-state index contributed by atoms with van der Waals surface area (Å²) >= 11 is 5.91. The van der Waals surface area contributed by atoms with Crippen LogP contribution in [0.25, 0.3) is 0 Å². The van der Waals surface area contributed by atoms with Gasteiger partial charge in [0, 0.05) is 11.6 Å². The van der Waals surface area contributed by atoms with E-state index in [9.17, 15) is 13.2 Å². The number of ether oxygens (including phenoxy) is 1. The van der Waals surface area contributed by atoms with Crippen molar-refractivity contribution in [3.8, 4) is 5.75 Å². The first-order valence-corrected chi connectivity index (χ1v) is 12.7. The topological polar surface area (TPSA) is 88.1 Å². The lowest BCUT2D eigenvalue weighted by Gasteiger charge is -2.21. The van der Waals surface area contributed by atoms with Gasteiger partial charge in [-0.25, -0.2) is 13.8 Å². The molecule has 0 atom stereocenters. The minimum Gasteiger partial charge on any atom is -0.490 e. The van der Waals surface area contributed by atoms with Crippen LogP contribution in [0.3, 0.4) is 0 Å². The zero-order valence-electron chi connectivity index (χ0n) is 19.0. The lowest BCUT2D eigenvalue weighted by Crippen LogP contribution is -2.40. The van der Waals surface area contributed by atoms with Crippen molar-refractivity contribution in [3.05, 3.63) is 108 Å². The molecular weight excluding hydrogens is 486 g/mol. The van der Waals surface area contributed by atoms with Crippen LogP contribution in [0.2, 0.25) is 5.02 Å². The Balaban J connectivity index is 1.67. The molecule has 182 valence electrons. The highest BCUT2D eigenvalue weighted by Gasteiger charge is 2.26. The molecule has 0 fully saturated rings. The molecule has 0 aliphatic carbocycles. The van der Waals surface area contributed by atoms with E-state index in [1.165, 1.54) is 30.5 Å². The third kappa shape index (κ3) is 8.06. The molecule has 0 spiro atoms. The molecule has 0 saturated carbocycles. The van der Waals surface area contributed by atoms with Gasteiger partial charge in [-0.1, -0.05) is 54.6 Å². The van der Waals surface area contributed by atoms with E-state index in [-0.39, 0.29) is 18.0 Å². The smallest absolute Gasteiger partial charge is 0.255 e. The predicted octanol–water partition coefficient (Wildman–Crippen LogP) is 4.29. The van der Waals surface area contributed by atoms with Gasteiger partial charge in [0.25, 0.3) is 5.91 Å². The van der Waals surface area contributed by atoms with E-state index in [2.05, 4.69) is 17.1 Å². The Morgan fingerprint density at radius 3 is 2.37 bits per heavy atom. The Morgan fingerprint density at radius 2 is 1.71 bits per heavy atom. The van der Waals surface area contributed by atoms with Crippen molar-refractivity contribution in [1.82, 2.24) is 9.73 Å². The summed E-state index contributed by atoms with van der Waals surface area (Å²) in [5.74, 6) is 0.130. The molecule has 3 aromatic carbocycles. The highest BCUT2D eigenvalue weighted by molar-refractivity contribution is 7.89. The monoisotopic (exact) mass is 511 g/mol. The van der Waals surface area contributed by atoms with Crippen LogP contribution < -0.4 is 10.2 Å². The summed E-state index contributed by atoms with van der Waals surface area (Å²) in [6.45, 7) is 3.74. The number of benzene rings is 3. The standard InChI is InChI=1S/C26H26ClN3O4S/c1-2-18-34-24-12-8-22(9-13-24)19-28-29-26(31)20-30(17-16-21-6-4-3-5-7-21)35(32,33)25-14-10-23(27)11-15-25/h2-15,19H,1,16-18,20H2,(H,29,31)/b28-19+. The number of hydrazone groups is 1. The molecule has 35 heavy (non-hydrogen) atoms. The van der Waals surface area contributed by atoms with Crippen molar-refractivity contribution in [2.24, 2.45) is 5.10 Å². The maximum absolute atomic E-state index is 13.2. The number of nitrogens with zero attached hydrogens (tertiary/aromatic N) is 2. The number of hydrogen-bond acceptors (Lipinski definition) is 5. The average molecular weight is 512 g/mol. The molecule has 0 aliphatic rings. The Morgan fingerprint density at radius 1 is 1.03 bits per heavy atom.